The van der Waals surface area contributed by atoms with E-state index >= 15 is 0 Å². The molecule has 0 aliphatic heterocycles. The second kappa shape index (κ2) is 7.49. The summed E-state index contributed by atoms with van der Waals surface area (Å²) in [7, 11) is 2.32. The van der Waals surface area contributed by atoms with E-state index in [9.17, 15) is 0 Å². The molecule has 2 nitrogen and oxygen atoms in total. The van der Waals surface area contributed by atoms with Crippen LogP contribution in [0.3, 0.4) is 0 Å². The van der Waals surface area contributed by atoms with E-state index in [1.807, 2.05) is 0 Å². The fourth-order valence-corrected chi connectivity index (χ4v) is 2.90. The van der Waals surface area contributed by atoms with Crippen LogP contribution < -0.4 is 5.32 Å². The Bertz CT molecular complexity index is 215. The van der Waals surface area contributed by atoms with E-state index in [0.717, 1.165) is 12.6 Å². The van der Waals surface area contributed by atoms with Crippen LogP contribution in [0, 0.1) is 5.41 Å². The van der Waals surface area contributed by atoms with E-state index in [4.69, 9.17) is 0 Å². The van der Waals surface area contributed by atoms with Gasteiger partial charge in [0.1, 0.15) is 0 Å². The van der Waals surface area contributed by atoms with Gasteiger partial charge in [-0.2, -0.15) is 0 Å². The van der Waals surface area contributed by atoms with Crippen molar-refractivity contribution in [2.24, 2.45) is 5.41 Å². The van der Waals surface area contributed by atoms with Crippen molar-refractivity contribution >= 4 is 0 Å². The Labute approximate surface area is 115 Å². The molecule has 0 aromatic heterocycles. The first-order valence-electron chi connectivity index (χ1n) is 7.88. The van der Waals surface area contributed by atoms with Gasteiger partial charge in [0.15, 0.2) is 0 Å². The van der Waals surface area contributed by atoms with Crippen LogP contribution in [0.15, 0.2) is 0 Å². The monoisotopic (exact) mass is 254 g/mol. The third-order valence-corrected chi connectivity index (χ3v) is 4.59. The molecule has 1 fully saturated rings. The highest BCUT2D eigenvalue weighted by Crippen LogP contribution is 2.36. The van der Waals surface area contributed by atoms with E-state index in [-0.39, 0.29) is 0 Å². The molecule has 1 N–H and O–H groups in total. The van der Waals surface area contributed by atoms with Crippen LogP contribution in [0.2, 0.25) is 0 Å². The minimum Gasteiger partial charge on any atom is -0.314 e. The molecule has 1 aliphatic carbocycles. The Hall–Kier alpha value is -0.0800. The highest BCUT2D eigenvalue weighted by Gasteiger charge is 2.28. The molecule has 0 amide bonds. The summed E-state index contributed by atoms with van der Waals surface area (Å²) < 4.78 is 0. The van der Waals surface area contributed by atoms with Gasteiger partial charge in [-0.3, -0.25) is 0 Å². The van der Waals surface area contributed by atoms with E-state index in [2.05, 4.69) is 45.0 Å². The molecular formula is C16H34N2. The molecule has 0 aromatic rings. The van der Waals surface area contributed by atoms with Crippen molar-refractivity contribution in [3.8, 4) is 0 Å². The number of hydrogen-bond acceptors (Lipinski definition) is 2. The largest absolute Gasteiger partial charge is 0.314 e. The van der Waals surface area contributed by atoms with Gasteiger partial charge in [-0.25, -0.2) is 0 Å². The van der Waals surface area contributed by atoms with Crippen molar-refractivity contribution in [1.29, 1.82) is 0 Å². The fraction of sp³-hybridized carbons (Fsp3) is 1.00. The Morgan fingerprint density at radius 2 is 1.89 bits per heavy atom. The number of nitrogens with one attached hydrogen (secondary N) is 1. The maximum absolute atomic E-state index is 3.58. The van der Waals surface area contributed by atoms with Crippen molar-refractivity contribution in [2.75, 3.05) is 20.1 Å². The zero-order valence-electron chi connectivity index (χ0n) is 13.3. The Morgan fingerprint density at radius 1 is 1.28 bits per heavy atom. The topological polar surface area (TPSA) is 15.3 Å². The standard InChI is InChI=1S/C16H34N2/c1-6-12-17-14(2)9-13-18(5)15-7-10-16(3,4)11-8-15/h14-15,17H,6-13H2,1-5H3. The van der Waals surface area contributed by atoms with E-state index in [1.165, 1.54) is 45.1 Å². The zero-order chi connectivity index (χ0) is 13.6. The molecule has 1 atom stereocenters. The van der Waals surface area contributed by atoms with Gasteiger partial charge < -0.3 is 10.2 Å². The van der Waals surface area contributed by atoms with Gasteiger partial charge in [-0.1, -0.05) is 20.8 Å². The molecule has 108 valence electrons. The van der Waals surface area contributed by atoms with Gasteiger partial charge in [0.05, 0.1) is 0 Å². The third kappa shape index (κ3) is 5.71. The van der Waals surface area contributed by atoms with Crippen LogP contribution in [-0.4, -0.2) is 37.1 Å². The Morgan fingerprint density at radius 3 is 2.44 bits per heavy atom. The average Bonchev–Trinajstić information content (AvgIpc) is 2.33. The van der Waals surface area contributed by atoms with Crippen LogP contribution in [0.4, 0.5) is 0 Å². The molecule has 0 radical (unpaired) electrons. The molecule has 0 bridgehead atoms. The zero-order valence-corrected chi connectivity index (χ0v) is 13.3. The second-order valence-electron chi connectivity index (χ2n) is 7.02. The van der Waals surface area contributed by atoms with Crippen molar-refractivity contribution in [3.63, 3.8) is 0 Å². The molecule has 2 heteroatoms. The van der Waals surface area contributed by atoms with E-state index in [0.29, 0.717) is 11.5 Å². The summed E-state index contributed by atoms with van der Waals surface area (Å²) in [6.07, 6.45) is 8.08. The first-order chi connectivity index (χ1) is 8.44. The van der Waals surface area contributed by atoms with Gasteiger partial charge >= 0.3 is 0 Å². The van der Waals surface area contributed by atoms with Gasteiger partial charge in [0.2, 0.25) is 0 Å². The molecule has 18 heavy (non-hydrogen) atoms. The van der Waals surface area contributed by atoms with Crippen LogP contribution in [0.25, 0.3) is 0 Å². The third-order valence-electron chi connectivity index (χ3n) is 4.59. The second-order valence-corrected chi connectivity index (χ2v) is 7.02. The summed E-state index contributed by atoms with van der Waals surface area (Å²) in [6.45, 7) is 11.8. The van der Waals surface area contributed by atoms with E-state index < -0.39 is 0 Å². The van der Waals surface area contributed by atoms with Gasteiger partial charge in [0, 0.05) is 12.1 Å². The molecule has 0 aromatic carbocycles. The summed E-state index contributed by atoms with van der Waals surface area (Å²) in [5.74, 6) is 0. The summed E-state index contributed by atoms with van der Waals surface area (Å²) in [5, 5.41) is 3.58. The average molecular weight is 254 g/mol. The normalized spacial score (nSPS) is 22.3. The van der Waals surface area contributed by atoms with Crippen LogP contribution in [0.1, 0.15) is 66.2 Å². The highest BCUT2D eigenvalue weighted by atomic mass is 15.1. The molecular weight excluding hydrogens is 220 g/mol. The first kappa shape index (κ1) is 16.0. The number of rotatable bonds is 7. The van der Waals surface area contributed by atoms with Crippen molar-refractivity contribution in [3.05, 3.63) is 0 Å². The highest BCUT2D eigenvalue weighted by molar-refractivity contribution is 4.83. The van der Waals surface area contributed by atoms with Crippen LogP contribution >= 0.6 is 0 Å². The van der Waals surface area contributed by atoms with Gasteiger partial charge in [-0.15, -0.1) is 0 Å². The molecule has 1 aliphatic rings. The molecule has 1 unspecified atom stereocenters. The summed E-state index contributed by atoms with van der Waals surface area (Å²) in [6, 6.07) is 1.49. The lowest BCUT2D eigenvalue weighted by molar-refractivity contribution is 0.124. The molecule has 0 saturated heterocycles. The Balaban J connectivity index is 2.19. The molecule has 0 spiro atoms. The maximum Gasteiger partial charge on any atom is 0.00926 e. The van der Waals surface area contributed by atoms with E-state index in [1.54, 1.807) is 0 Å². The van der Waals surface area contributed by atoms with Crippen LogP contribution in [-0.2, 0) is 0 Å². The van der Waals surface area contributed by atoms with Crippen LogP contribution in [0.5, 0.6) is 0 Å². The summed E-state index contributed by atoms with van der Waals surface area (Å²) in [4.78, 5) is 2.60. The lowest BCUT2D eigenvalue weighted by Crippen LogP contribution is -2.39. The summed E-state index contributed by atoms with van der Waals surface area (Å²) in [5.41, 5.74) is 0.591. The Kier molecular flexibility index (Phi) is 6.65. The number of hydrogen-bond donors (Lipinski definition) is 1. The first-order valence-corrected chi connectivity index (χ1v) is 7.88. The molecule has 1 rings (SSSR count). The predicted octanol–water partition coefficient (Wildman–Crippen LogP) is 3.67. The summed E-state index contributed by atoms with van der Waals surface area (Å²) >= 11 is 0. The minimum absolute atomic E-state index is 0.591. The SMILES string of the molecule is CCCNC(C)CCN(C)C1CCC(C)(C)CC1. The van der Waals surface area contributed by atoms with Gasteiger partial charge in [0.25, 0.3) is 0 Å². The lowest BCUT2D eigenvalue weighted by atomic mass is 9.75. The van der Waals surface area contributed by atoms with Gasteiger partial charge in [-0.05, 0) is 71.0 Å². The predicted molar refractivity (Wildman–Crippen MR) is 81.0 cm³/mol. The van der Waals surface area contributed by atoms with Crippen molar-refractivity contribution in [2.45, 2.75) is 78.3 Å². The number of nitrogens with zero attached hydrogens (tertiary/aromatic N) is 1. The maximum atomic E-state index is 3.58. The lowest BCUT2D eigenvalue weighted by Gasteiger charge is -2.39. The smallest absolute Gasteiger partial charge is 0.00926 e. The fourth-order valence-electron chi connectivity index (χ4n) is 2.90. The quantitative estimate of drug-likeness (QED) is 0.746. The minimum atomic E-state index is 0.591. The van der Waals surface area contributed by atoms with Crippen molar-refractivity contribution in [1.82, 2.24) is 10.2 Å². The molecule has 0 heterocycles. The van der Waals surface area contributed by atoms with Crippen molar-refractivity contribution < 1.29 is 0 Å². The molecule has 1 saturated carbocycles.